The van der Waals surface area contributed by atoms with Gasteiger partial charge in [-0.15, -0.1) is 22.7 Å². The van der Waals surface area contributed by atoms with Crippen molar-refractivity contribution in [3.63, 3.8) is 0 Å². The Hall–Kier alpha value is -1.00. The van der Waals surface area contributed by atoms with Gasteiger partial charge in [-0.1, -0.05) is 0 Å². The van der Waals surface area contributed by atoms with E-state index in [0.717, 1.165) is 10.6 Å². The number of thiophene rings is 1. The first-order valence-electron chi connectivity index (χ1n) is 4.19. The Labute approximate surface area is 90.2 Å². The third kappa shape index (κ3) is 1.63. The molecule has 0 aliphatic heterocycles. The average Bonchev–Trinajstić information content (AvgIpc) is 2.71. The lowest BCUT2D eigenvalue weighted by Gasteiger charge is -1.91. The second-order valence-electron chi connectivity index (χ2n) is 3.03. The molecule has 72 valence electrons. The number of carbonyl (C=O) groups is 1. The number of aromatic nitrogens is 1. The van der Waals surface area contributed by atoms with Crippen LogP contribution in [0.15, 0.2) is 16.8 Å². The SMILES string of the molecule is CC(=O)c1nc(-c2sccc2C)cs1. The quantitative estimate of drug-likeness (QED) is 0.730. The maximum Gasteiger partial charge on any atom is 0.188 e. The Morgan fingerprint density at radius 1 is 1.43 bits per heavy atom. The molecule has 2 nitrogen and oxygen atoms in total. The van der Waals surface area contributed by atoms with E-state index >= 15 is 0 Å². The number of hydrogen-bond donors (Lipinski definition) is 0. The molecule has 2 aromatic heterocycles. The van der Waals surface area contributed by atoms with E-state index in [2.05, 4.69) is 18.0 Å². The topological polar surface area (TPSA) is 30.0 Å². The minimum atomic E-state index is 0.0375. The lowest BCUT2D eigenvalue weighted by molar-refractivity contribution is 0.101. The highest BCUT2D eigenvalue weighted by Crippen LogP contribution is 2.29. The predicted molar refractivity (Wildman–Crippen MR) is 60.2 cm³/mol. The third-order valence-electron chi connectivity index (χ3n) is 1.90. The van der Waals surface area contributed by atoms with Gasteiger partial charge in [0.2, 0.25) is 0 Å². The molecular formula is C10H9NOS2. The second kappa shape index (κ2) is 3.63. The fourth-order valence-corrected chi connectivity index (χ4v) is 2.85. The number of Topliss-reactive ketones (excluding diaryl/α,β-unsaturated/α-hetero) is 1. The van der Waals surface area contributed by atoms with Gasteiger partial charge in [-0.05, 0) is 23.9 Å². The maximum absolute atomic E-state index is 11.1. The molecule has 4 heteroatoms. The van der Waals surface area contributed by atoms with Crippen molar-refractivity contribution in [2.45, 2.75) is 13.8 Å². The lowest BCUT2D eigenvalue weighted by Crippen LogP contribution is -1.89. The first-order chi connectivity index (χ1) is 6.68. The maximum atomic E-state index is 11.1. The molecule has 0 saturated heterocycles. The molecule has 0 aliphatic carbocycles. The Balaban J connectivity index is 2.43. The first-order valence-corrected chi connectivity index (χ1v) is 5.95. The molecule has 0 fully saturated rings. The largest absolute Gasteiger partial charge is 0.292 e. The van der Waals surface area contributed by atoms with Crippen molar-refractivity contribution >= 4 is 28.5 Å². The molecular weight excluding hydrogens is 214 g/mol. The number of rotatable bonds is 2. The highest BCUT2D eigenvalue weighted by Gasteiger charge is 2.10. The van der Waals surface area contributed by atoms with Gasteiger partial charge in [0.05, 0.1) is 10.6 Å². The smallest absolute Gasteiger partial charge is 0.188 e. The summed E-state index contributed by atoms with van der Waals surface area (Å²) in [5.41, 5.74) is 2.14. The molecule has 0 aromatic carbocycles. The van der Waals surface area contributed by atoms with Crippen molar-refractivity contribution in [3.8, 4) is 10.6 Å². The first kappa shape index (κ1) is 9.55. The molecule has 0 radical (unpaired) electrons. The van der Waals surface area contributed by atoms with Crippen LogP contribution >= 0.6 is 22.7 Å². The van der Waals surface area contributed by atoms with E-state index < -0.39 is 0 Å². The summed E-state index contributed by atoms with van der Waals surface area (Å²) < 4.78 is 0. The fourth-order valence-electron chi connectivity index (χ4n) is 1.17. The van der Waals surface area contributed by atoms with Crippen molar-refractivity contribution in [1.82, 2.24) is 4.98 Å². The van der Waals surface area contributed by atoms with E-state index in [9.17, 15) is 4.79 Å². The molecule has 0 saturated carbocycles. The molecule has 0 amide bonds. The lowest BCUT2D eigenvalue weighted by atomic mass is 10.2. The zero-order valence-electron chi connectivity index (χ0n) is 7.90. The van der Waals surface area contributed by atoms with Gasteiger partial charge in [0, 0.05) is 12.3 Å². The van der Waals surface area contributed by atoms with Crippen LogP contribution in [-0.4, -0.2) is 10.8 Å². The summed E-state index contributed by atoms with van der Waals surface area (Å²) in [6.07, 6.45) is 0. The minimum Gasteiger partial charge on any atom is -0.292 e. The number of aryl methyl sites for hydroxylation is 1. The number of nitrogens with zero attached hydrogens (tertiary/aromatic N) is 1. The van der Waals surface area contributed by atoms with Gasteiger partial charge in [0.25, 0.3) is 0 Å². The molecule has 0 spiro atoms. The van der Waals surface area contributed by atoms with Gasteiger partial charge < -0.3 is 0 Å². The van der Waals surface area contributed by atoms with E-state index in [1.54, 1.807) is 18.3 Å². The fraction of sp³-hybridized carbons (Fsp3) is 0.200. The molecule has 2 rings (SSSR count). The molecule has 0 N–H and O–H groups in total. The Morgan fingerprint density at radius 3 is 2.71 bits per heavy atom. The van der Waals surface area contributed by atoms with Crippen LogP contribution in [0.25, 0.3) is 10.6 Å². The standard InChI is InChI=1S/C10H9NOS2/c1-6-3-4-13-9(6)8-5-14-10(11-8)7(2)12/h3-5H,1-2H3. The van der Waals surface area contributed by atoms with Crippen LogP contribution in [0.3, 0.4) is 0 Å². The zero-order chi connectivity index (χ0) is 10.1. The van der Waals surface area contributed by atoms with Gasteiger partial charge in [0.15, 0.2) is 10.8 Å². The van der Waals surface area contributed by atoms with Crippen molar-refractivity contribution < 1.29 is 4.79 Å². The van der Waals surface area contributed by atoms with Crippen LogP contribution in [0.2, 0.25) is 0 Å². The van der Waals surface area contributed by atoms with Crippen LogP contribution in [0.4, 0.5) is 0 Å². The van der Waals surface area contributed by atoms with E-state index in [-0.39, 0.29) is 5.78 Å². The van der Waals surface area contributed by atoms with E-state index in [0.29, 0.717) is 5.01 Å². The predicted octanol–water partition coefficient (Wildman–Crippen LogP) is 3.38. The van der Waals surface area contributed by atoms with Gasteiger partial charge in [-0.25, -0.2) is 4.98 Å². The van der Waals surface area contributed by atoms with Crippen molar-refractivity contribution in [3.05, 3.63) is 27.4 Å². The van der Waals surface area contributed by atoms with Crippen LogP contribution in [0.5, 0.6) is 0 Å². The molecule has 2 heterocycles. The van der Waals surface area contributed by atoms with Crippen LogP contribution in [0.1, 0.15) is 22.3 Å². The van der Waals surface area contributed by atoms with Crippen molar-refractivity contribution in [2.24, 2.45) is 0 Å². The summed E-state index contributed by atoms with van der Waals surface area (Å²) in [5, 5.41) is 4.57. The molecule has 0 atom stereocenters. The van der Waals surface area contributed by atoms with Crippen LogP contribution in [0, 0.1) is 6.92 Å². The van der Waals surface area contributed by atoms with Crippen molar-refractivity contribution in [1.29, 1.82) is 0 Å². The van der Waals surface area contributed by atoms with Gasteiger partial charge >= 0.3 is 0 Å². The molecule has 0 bridgehead atoms. The summed E-state index contributed by atoms with van der Waals surface area (Å²) in [4.78, 5) is 16.5. The Bertz CT molecular complexity index is 470. The van der Waals surface area contributed by atoms with Gasteiger partial charge in [0.1, 0.15) is 0 Å². The summed E-state index contributed by atoms with van der Waals surface area (Å²) in [6.45, 7) is 3.60. The zero-order valence-corrected chi connectivity index (χ0v) is 9.54. The summed E-state index contributed by atoms with van der Waals surface area (Å²) in [5.74, 6) is 0.0375. The Kier molecular flexibility index (Phi) is 2.48. The summed E-state index contributed by atoms with van der Waals surface area (Å²) >= 11 is 3.07. The molecule has 2 aromatic rings. The van der Waals surface area contributed by atoms with Gasteiger partial charge in [-0.2, -0.15) is 0 Å². The molecule has 0 aliphatic rings. The van der Waals surface area contributed by atoms with Gasteiger partial charge in [-0.3, -0.25) is 4.79 Å². The van der Waals surface area contributed by atoms with Crippen LogP contribution < -0.4 is 0 Å². The number of ketones is 1. The number of carbonyl (C=O) groups excluding carboxylic acids is 1. The second-order valence-corrected chi connectivity index (χ2v) is 4.80. The van der Waals surface area contributed by atoms with Crippen LogP contribution in [-0.2, 0) is 0 Å². The van der Waals surface area contributed by atoms with E-state index in [4.69, 9.17) is 0 Å². The summed E-state index contributed by atoms with van der Waals surface area (Å²) in [7, 11) is 0. The normalized spacial score (nSPS) is 10.4. The molecule has 0 unspecified atom stereocenters. The summed E-state index contributed by atoms with van der Waals surface area (Å²) in [6, 6.07) is 2.06. The Morgan fingerprint density at radius 2 is 2.21 bits per heavy atom. The molecule has 14 heavy (non-hydrogen) atoms. The number of hydrogen-bond acceptors (Lipinski definition) is 4. The monoisotopic (exact) mass is 223 g/mol. The number of thiazole rings is 1. The highest BCUT2D eigenvalue weighted by molar-refractivity contribution is 7.15. The van der Waals surface area contributed by atoms with E-state index in [1.807, 2.05) is 10.8 Å². The third-order valence-corrected chi connectivity index (χ3v) is 3.88. The highest BCUT2D eigenvalue weighted by atomic mass is 32.1. The van der Waals surface area contributed by atoms with E-state index in [1.165, 1.54) is 16.9 Å². The minimum absolute atomic E-state index is 0.0375. The average molecular weight is 223 g/mol. The van der Waals surface area contributed by atoms with Crippen molar-refractivity contribution in [2.75, 3.05) is 0 Å².